The van der Waals surface area contributed by atoms with E-state index in [-0.39, 0.29) is 0 Å². The summed E-state index contributed by atoms with van der Waals surface area (Å²) in [5.41, 5.74) is 2.59. The van der Waals surface area contributed by atoms with Crippen molar-refractivity contribution in [2.45, 2.75) is 6.42 Å². The monoisotopic (exact) mass is 198 g/mol. The molecule has 2 rings (SSSR count). The number of aldehydes is 1. The molecule has 0 radical (unpaired) electrons. The van der Waals surface area contributed by atoms with Crippen molar-refractivity contribution in [3.63, 3.8) is 0 Å². The van der Waals surface area contributed by atoms with Crippen molar-refractivity contribution < 1.29 is 4.79 Å². The third kappa shape index (κ3) is 2.26. The zero-order chi connectivity index (χ0) is 10.5. The predicted octanol–water partition coefficient (Wildman–Crippen LogP) is 1.89. The van der Waals surface area contributed by atoms with Gasteiger partial charge in [-0.3, -0.25) is 9.97 Å². The molecule has 0 aliphatic rings. The zero-order valence-electron chi connectivity index (χ0n) is 8.13. The molecule has 0 unspecified atom stereocenters. The molecule has 2 aromatic heterocycles. The molecule has 0 saturated heterocycles. The van der Waals surface area contributed by atoms with Crippen LogP contribution in [0, 0.1) is 0 Å². The maximum Gasteiger partial charge on any atom is 0.124 e. The Balaban J connectivity index is 2.28. The summed E-state index contributed by atoms with van der Waals surface area (Å²) < 4.78 is 0. The highest BCUT2D eigenvalue weighted by atomic mass is 16.1. The zero-order valence-corrected chi connectivity index (χ0v) is 8.13. The lowest BCUT2D eigenvalue weighted by Gasteiger charge is -1.99. The second kappa shape index (κ2) is 4.46. The lowest BCUT2D eigenvalue weighted by molar-refractivity contribution is -0.107. The molecule has 0 fully saturated rings. The summed E-state index contributed by atoms with van der Waals surface area (Å²) in [5, 5.41) is 0. The summed E-state index contributed by atoms with van der Waals surface area (Å²) in [6.45, 7) is 0. The van der Waals surface area contributed by atoms with Gasteiger partial charge < -0.3 is 4.79 Å². The Labute approximate surface area is 87.8 Å². The highest BCUT2D eigenvalue weighted by Gasteiger charge is 1.99. The van der Waals surface area contributed by atoms with E-state index in [1.165, 1.54) is 0 Å². The minimum absolute atomic E-state index is 0.412. The first-order chi connectivity index (χ1) is 7.40. The summed E-state index contributed by atoms with van der Waals surface area (Å²) in [5.74, 6) is 0. The molecular weight excluding hydrogens is 188 g/mol. The summed E-state index contributed by atoms with van der Waals surface area (Å²) >= 11 is 0. The lowest BCUT2D eigenvalue weighted by Crippen LogP contribution is -1.90. The Morgan fingerprint density at radius 2 is 1.93 bits per heavy atom. The van der Waals surface area contributed by atoms with Gasteiger partial charge in [0.25, 0.3) is 0 Å². The van der Waals surface area contributed by atoms with Crippen LogP contribution in [0.25, 0.3) is 11.4 Å². The molecule has 2 aromatic rings. The minimum Gasteiger partial charge on any atom is -0.303 e. The number of carbonyl (C=O) groups excluding carboxylic acids is 1. The largest absolute Gasteiger partial charge is 0.303 e. The number of carbonyl (C=O) groups is 1. The highest BCUT2D eigenvalue weighted by molar-refractivity contribution is 5.57. The van der Waals surface area contributed by atoms with Crippen molar-refractivity contribution in [2.24, 2.45) is 0 Å². The van der Waals surface area contributed by atoms with Crippen LogP contribution in [0.2, 0.25) is 0 Å². The molecule has 0 bridgehead atoms. The SMILES string of the molecule is O=CCc1ccc(-c2ccccn2)nc1. The van der Waals surface area contributed by atoms with E-state index in [1.54, 1.807) is 12.4 Å². The van der Waals surface area contributed by atoms with E-state index in [0.29, 0.717) is 6.42 Å². The van der Waals surface area contributed by atoms with Crippen LogP contribution in [-0.2, 0) is 11.2 Å². The fraction of sp³-hybridized carbons (Fsp3) is 0.0833. The predicted molar refractivity (Wildman–Crippen MR) is 57.2 cm³/mol. The third-order valence-corrected chi connectivity index (χ3v) is 2.07. The molecule has 2 heterocycles. The van der Waals surface area contributed by atoms with Crippen molar-refractivity contribution in [2.75, 3.05) is 0 Å². The molecule has 0 spiro atoms. The first-order valence-electron chi connectivity index (χ1n) is 4.70. The molecule has 0 saturated carbocycles. The van der Waals surface area contributed by atoms with Gasteiger partial charge in [-0.1, -0.05) is 12.1 Å². The molecule has 74 valence electrons. The fourth-order valence-electron chi connectivity index (χ4n) is 1.31. The van der Waals surface area contributed by atoms with Crippen LogP contribution < -0.4 is 0 Å². The van der Waals surface area contributed by atoms with E-state index in [2.05, 4.69) is 9.97 Å². The van der Waals surface area contributed by atoms with E-state index in [1.807, 2.05) is 30.3 Å². The Morgan fingerprint density at radius 1 is 1.07 bits per heavy atom. The molecule has 3 nitrogen and oxygen atoms in total. The smallest absolute Gasteiger partial charge is 0.124 e. The normalized spacial score (nSPS) is 9.87. The summed E-state index contributed by atoms with van der Waals surface area (Å²) in [7, 11) is 0. The van der Waals surface area contributed by atoms with Crippen LogP contribution in [0.3, 0.4) is 0 Å². The highest BCUT2D eigenvalue weighted by Crippen LogP contribution is 2.13. The lowest BCUT2D eigenvalue weighted by atomic mass is 10.2. The van der Waals surface area contributed by atoms with Crippen LogP contribution in [0.4, 0.5) is 0 Å². The standard InChI is InChI=1S/C12H10N2O/c15-8-6-10-4-5-12(14-9-10)11-3-1-2-7-13-11/h1-5,7-9H,6H2. The Hall–Kier alpha value is -2.03. The Morgan fingerprint density at radius 3 is 2.53 bits per heavy atom. The van der Waals surface area contributed by atoms with E-state index < -0.39 is 0 Å². The summed E-state index contributed by atoms with van der Waals surface area (Å²) in [4.78, 5) is 18.7. The van der Waals surface area contributed by atoms with Crippen molar-refractivity contribution in [3.8, 4) is 11.4 Å². The fourth-order valence-corrected chi connectivity index (χ4v) is 1.31. The number of pyridine rings is 2. The first-order valence-corrected chi connectivity index (χ1v) is 4.70. The maximum absolute atomic E-state index is 10.3. The van der Waals surface area contributed by atoms with Crippen molar-refractivity contribution in [1.82, 2.24) is 9.97 Å². The van der Waals surface area contributed by atoms with Crippen LogP contribution in [0.1, 0.15) is 5.56 Å². The number of hydrogen-bond donors (Lipinski definition) is 0. The molecule has 3 heteroatoms. The van der Waals surface area contributed by atoms with E-state index in [9.17, 15) is 4.79 Å². The van der Waals surface area contributed by atoms with Crippen LogP contribution in [0.5, 0.6) is 0 Å². The van der Waals surface area contributed by atoms with Crippen molar-refractivity contribution in [1.29, 1.82) is 0 Å². The number of aromatic nitrogens is 2. The molecule has 0 aromatic carbocycles. The van der Waals surface area contributed by atoms with Gasteiger partial charge in [0, 0.05) is 18.8 Å². The quantitative estimate of drug-likeness (QED) is 0.707. The van der Waals surface area contributed by atoms with Crippen molar-refractivity contribution in [3.05, 3.63) is 48.3 Å². The third-order valence-electron chi connectivity index (χ3n) is 2.07. The van der Waals surface area contributed by atoms with Gasteiger partial charge in [0.1, 0.15) is 6.29 Å². The van der Waals surface area contributed by atoms with Gasteiger partial charge in [-0.2, -0.15) is 0 Å². The Kier molecular flexibility index (Phi) is 2.83. The topological polar surface area (TPSA) is 42.9 Å². The van der Waals surface area contributed by atoms with E-state index in [4.69, 9.17) is 0 Å². The second-order valence-corrected chi connectivity index (χ2v) is 3.14. The molecule has 0 aliphatic carbocycles. The van der Waals surface area contributed by atoms with Gasteiger partial charge in [0.05, 0.1) is 11.4 Å². The number of hydrogen-bond acceptors (Lipinski definition) is 3. The molecule has 0 N–H and O–H groups in total. The van der Waals surface area contributed by atoms with Gasteiger partial charge in [-0.15, -0.1) is 0 Å². The van der Waals surface area contributed by atoms with Gasteiger partial charge in [0.2, 0.25) is 0 Å². The number of nitrogens with zero attached hydrogens (tertiary/aromatic N) is 2. The summed E-state index contributed by atoms with van der Waals surface area (Å²) in [6, 6.07) is 9.46. The van der Waals surface area contributed by atoms with E-state index in [0.717, 1.165) is 23.2 Å². The van der Waals surface area contributed by atoms with Crippen LogP contribution in [-0.4, -0.2) is 16.3 Å². The van der Waals surface area contributed by atoms with Crippen LogP contribution in [0.15, 0.2) is 42.7 Å². The minimum atomic E-state index is 0.412. The average molecular weight is 198 g/mol. The van der Waals surface area contributed by atoms with Gasteiger partial charge in [-0.05, 0) is 23.8 Å². The van der Waals surface area contributed by atoms with Gasteiger partial charge in [0.15, 0.2) is 0 Å². The Bertz CT molecular complexity index is 437. The van der Waals surface area contributed by atoms with Gasteiger partial charge >= 0.3 is 0 Å². The summed E-state index contributed by atoms with van der Waals surface area (Å²) in [6.07, 6.45) is 4.72. The molecule has 0 aliphatic heterocycles. The second-order valence-electron chi connectivity index (χ2n) is 3.14. The van der Waals surface area contributed by atoms with E-state index >= 15 is 0 Å². The van der Waals surface area contributed by atoms with Gasteiger partial charge in [-0.25, -0.2) is 0 Å². The first kappa shape index (κ1) is 9.52. The number of rotatable bonds is 3. The molecule has 15 heavy (non-hydrogen) atoms. The average Bonchev–Trinajstić information content (AvgIpc) is 2.32. The van der Waals surface area contributed by atoms with Crippen LogP contribution >= 0.6 is 0 Å². The molecular formula is C12H10N2O. The maximum atomic E-state index is 10.3. The van der Waals surface area contributed by atoms with Crippen molar-refractivity contribution >= 4 is 6.29 Å². The molecule has 0 amide bonds. The molecule has 0 atom stereocenters.